The normalized spacial score (nSPS) is 14.2. The van der Waals surface area contributed by atoms with E-state index in [1.807, 2.05) is 34.9 Å². The van der Waals surface area contributed by atoms with Crippen LogP contribution >= 0.6 is 34.9 Å². The molecular formula is C60H50B2N2OS3. The summed E-state index contributed by atoms with van der Waals surface area (Å²) in [7, 11) is 0. The zero-order valence-corrected chi connectivity index (χ0v) is 42.1. The molecule has 0 N–H and O–H groups in total. The lowest BCUT2D eigenvalue weighted by atomic mass is 9.32. The minimum absolute atomic E-state index is 0.00520. The van der Waals surface area contributed by atoms with E-state index in [1.54, 1.807) is 0 Å². The molecule has 68 heavy (non-hydrogen) atoms. The van der Waals surface area contributed by atoms with Gasteiger partial charge in [-0.1, -0.05) is 168 Å². The second-order valence-corrected chi connectivity index (χ2v) is 24.0. The Kier molecular flexibility index (Phi) is 9.42. The number of anilines is 6. The topological polar surface area (TPSA) is 19.6 Å². The predicted octanol–water partition coefficient (Wildman–Crippen LogP) is 13.4. The smallest absolute Gasteiger partial charge is 0.262 e. The minimum Gasteiger partial charge on any atom is -0.455 e. The van der Waals surface area contributed by atoms with E-state index in [2.05, 4.69) is 223 Å². The summed E-state index contributed by atoms with van der Waals surface area (Å²) < 4.78 is 8.19. The molecule has 0 amide bonds. The van der Waals surface area contributed by atoms with E-state index in [9.17, 15) is 0 Å². The zero-order valence-electron chi connectivity index (χ0n) is 39.7. The molecule has 0 saturated heterocycles. The first-order valence-corrected chi connectivity index (χ1v) is 26.3. The lowest BCUT2D eigenvalue weighted by Gasteiger charge is -2.44. The second kappa shape index (κ2) is 15.2. The third-order valence-electron chi connectivity index (χ3n) is 14.7. The summed E-state index contributed by atoms with van der Waals surface area (Å²) in [4.78, 5) is 10.5. The Balaban J connectivity index is 1.18. The van der Waals surface area contributed by atoms with Crippen molar-refractivity contribution in [2.75, 3.05) is 9.80 Å². The van der Waals surface area contributed by atoms with Crippen LogP contribution in [0.4, 0.5) is 34.1 Å². The van der Waals surface area contributed by atoms with Crippen LogP contribution in [0.5, 0.6) is 0 Å². The number of fused-ring (bicyclic) bond motifs is 8. The van der Waals surface area contributed by atoms with Gasteiger partial charge in [-0.3, -0.25) is 0 Å². The summed E-state index contributed by atoms with van der Waals surface area (Å²) >= 11 is 5.79. The van der Waals surface area contributed by atoms with Gasteiger partial charge in [-0.25, -0.2) is 0 Å². The Morgan fingerprint density at radius 2 is 0.971 bits per heavy atom. The van der Waals surface area contributed by atoms with Crippen LogP contribution in [-0.4, -0.2) is 13.4 Å². The van der Waals surface area contributed by atoms with Crippen molar-refractivity contribution < 1.29 is 4.42 Å². The van der Waals surface area contributed by atoms with Crippen LogP contribution in [0.15, 0.2) is 182 Å². The van der Waals surface area contributed by atoms with Gasteiger partial charge in [0.15, 0.2) is 5.09 Å². The van der Waals surface area contributed by atoms with Gasteiger partial charge in [0.25, 0.3) is 13.4 Å². The third kappa shape index (κ3) is 6.29. The van der Waals surface area contributed by atoms with Crippen LogP contribution in [0.3, 0.4) is 0 Å². The maximum absolute atomic E-state index is 6.77. The molecule has 6 heterocycles. The lowest BCUT2D eigenvalue weighted by molar-refractivity contribution is 0.450. The molecule has 0 atom stereocenters. The predicted molar refractivity (Wildman–Crippen MR) is 294 cm³/mol. The number of hydrogen-bond donors (Lipinski definition) is 0. The number of benzene rings is 7. The summed E-state index contributed by atoms with van der Waals surface area (Å²) in [6.07, 6.45) is 0. The van der Waals surface area contributed by atoms with E-state index in [1.165, 1.54) is 108 Å². The monoisotopic (exact) mass is 932 g/mol. The fourth-order valence-corrected chi connectivity index (χ4v) is 15.4. The first-order valence-electron chi connectivity index (χ1n) is 23.8. The van der Waals surface area contributed by atoms with Crippen molar-refractivity contribution in [3.05, 3.63) is 180 Å². The summed E-state index contributed by atoms with van der Waals surface area (Å²) in [5.41, 5.74) is 21.6. The number of furan rings is 1. The van der Waals surface area contributed by atoms with E-state index in [4.69, 9.17) is 4.42 Å². The van der Waals surface area contributed by atoms with Crippen LogP contribution in [0.2, 0.25) is 0 Å². The number of aryl methyl sites for hydroxylation is 1. The van der Waals surface area contributed by atoms with E-state index in [0.29, 0.717) is 0 Å². The van der Waals surface area contributed by atoms with Gasteiger partial charge in [0, 0.05) is 59.3 Å². The van der Waals surface area contributed by atoms with E-state index >= 15 is 0 Å². The van der Waals surface area contributed by atoms with Crippen LogP contribution in [0, 0.1) is 13.8 Å². The van der Waals surface area contributed by atoms with E-state index in [-0.39, 0.29) is 24.3 Å². The SMILES string of the molecule is Cc1oc2c(c1C)B1c3cc4c(cc3N(c3ccccc3)c3cc(C(C)(C)C)cc(c31)S2)N(c1ccccc1)c1cc(C(C)(C)C)cc2c1B4c1sc(-c3ccccc3)c(-c3ccccc3)c1S2. The maximum Gasteiger partial charge on any atom is 0.262 e. The molecule has 9 aromatic rings. The molecule has 0 aliphatic carbocycles. The maximum atomic E-state index is 6.77. The fourth-order valence-electron chi connectivity index (χ4n) is 11.1. The Morgan fingerprint density at radius 3 is 1.51 bits per heavy atom. The van der Waals surface area contributed by atoms with Gasteiger partial charge in [-0.2, -0.15) is 0 Å². The van der Waals surface area contributed by atoms with Crippen molar-refractivity contribution in [2.45, 2.75) is 86.0 Å². The van der Waals surface area contributed by atoms with Crippen LogP contribution in [-0.2, 0) is 10.8 Å². The number of rotatable bonds is 4. The molecule has 7 aromatic carbocycles. The van der Waals surface area contributed by atoms with Gasteiger partial charge >= 0.3 is 0 Å². The molecule has 13 rings (SSSR count). The molecule has 0 radical (unpaired) electrons. The first-order chi connectivity index (χ1) is 32.8. The third-order valence-corrected chi connectivity index (χ3v) is 18.4. The number of thiophene rings is 1. The number of hydrogen-bond acceptors (Lipinski definition) is 6. The van der Waals surface area contributed by atoms with Gasteiger partial charge in [-0.05, 0) is 139 Å². The Morgan fingerprint density at radius 1 is 0.485 bits per heavy atom. The highest BCUT2D eigenvalue weighted by molar-refractivity contribution is 8.00. The highest BCUT2D eigenvalue weighted by Gasteiger charge is 2.49. The second-order valence-electron chi connectivity index (χ2n) is 20.9. The molecule has 0 bridgehead atoms. The van der Waals surface area contributed by atoms with Crippen molar-refractivity contribution in [1.29, 1.82) is 0 Å². The molecule has 3 nitrogen and oxygen atoms in total. The minimum atomic E-state index is -0.0833. The van der Waals surface area contributed by atoms with Crippen molar-refractivity contribution >= 4 is 115 Å². The Labute approximate surface area is 413 Å². The molecule has 8 heteroatoms. The molecule has 4 aliphatic rings. The van der Waals surface area contributed by atoms with Crippen molar-refractivity contribution in [3.63, 3.8) is 0 Å². The van der Waals surface area contributed by atoms with Crippen molar-refractivity contribution in [3.8, 4) is 21.6 Å². The van der Waals surface area contributed by atoms with Crippen LogP contribution < -0.4 is 41.9 Å². The molecule has 0 unspecified atom stereocenters. The van der Waals surface area contributed by atoms with Gasteiger partial charge in [0.1, 0.15) is 5.76 Å². The number of nitrogens with zero attached hydrogens (tertiary/aromatic N) is 2. The summed E-state index contributed by atoms with van der Waals surface area (Å²) in [5, 5.41) is 1.02. The average molecular weight is 933 g/mol. The van der Waals surface area contributed by atoms with Gasteiger partial charge in [0.05, 0.1) is 0 Å². The largest absolute Gasteiger partial charge is 0.455 e. The number of para-hydroxylation sites is 2. The molecule has 2 aromatic heterocycles. The van der Waals surface area contributed by atoms with Gasteiger partial charge in [-0.15, -0.1) is 11.3 Å². The van der Waals surface area contributed by atoms with Crippen molar-refractivity contribution in [1.82, 2.24) is 0 Å². The quantitative estimate of drug-likeness (QED) is 0.163. The fraction of sp³-hybridized carbons (Fsp3) is 0.167. The average Bonchev–Trinajstić information content (AvgIpc) is 3.86. The first kappa shape index (κ1) is 42.1. The van der Waals surface area contributed by atoms with Crippen LogP contribution in [0.25, 0.3) is 21.6 Å². The zero-order chi connectivity index (χ0) is 46.4. The highest BCUT2D eigenvalue weighted by Crippen LogP contribution is 2.52. The van der Waals surface area contributed by atoms with Gasteiger partial charge in [0.2, 0.25) is 0 Å². The molecule has 0 saturated carbocycles. The van der Waals surface area contributed by atoms with E-state index in [0.717, 1.165) is 22.2 Å². The molecule has 0 spiro atoms. The van der Waals surface area contributed by atoms with Crippen molar-refractivity contribution in [2.24, 2.45) is 0 Å². The molecular weight excluding hydrogens is 882 g/mol. The summed E-state index contributed by atoms with van der Waals surface area (Å²) in [6, 6.07) is 59.6. The Bertz CT molecular complexity index is 3520. The van der Waals surface area contributed by atoms with Crippen LogP contribution in [0.1, 0.15) is 64.0 Å². The highest BCUT2D eigenvalue weighted by atomic mass is 32.2. The Hall–Kier alpha value is -6.05. The van der Waals surface area contributed by atoms with E-state index < -0.39 is 0 Å². The lowest BCUT2D eigenvalue weighted by Crippen LogP contribution is -2.64. The summed E-state index contributed by atoms with van der Waals surface area (Å²) in [6.45, 7) is 18.5. The van der Waals surface area contributed by atoms with Gasteiger partial charge < -0.3 is 14.2 Å². The summed E-state index contributed by atoms with van der Waals surface area (Å²) in [5.74, 6) is 0.996. The molecule has 330 valence electrons. The molecule has 4 aliphatic heterocycles. The standard InChI is InChI=1S/C60H50B2N2OS3/c1-35-36(2)65-58-52(35)61-43-33-44-46(34-45(43)63(41-25-17-11-18-26-41)47-29-40(60(6,7)8)32-50(67-58)53(47)61)64(42-27-19-12-20-28-42)48-30-39(59(3,4)5)31-49-54(48)62(44)57-56(66-49)51(37-21-13-9-14-22-37)55(68-57)38-23-15-10-16-24-38/h9-34H,1-8H3. The molecule has 0 fully saturated rings.